The van der Waals surface area contributed by atoms with Crippen LogP contribution in [0.2, 0.25) is 0 Å². The zero-order valence-corrected chi connectivity index (χ0v) is 15.7. The van der Waals surface area contributed by atoms with Gasteiger partial charge >= 0.3 is 10.2 Å². The third-order valence-electron chi connectivity index (χ3n) is 5.97. The minimum atomic E-state index is -3.81. The highest BCUT2D eigenvalue weighted by atomic mass is 32.2. The van der Waals surface area contributed by atoms with Crippen molar-refractivity contribution in [1.82, 2.24) is 4.90 Å². The fourth-order valence-corrected chi connectivity index (χ4v) is 5.16. The number of carbonyl (C=O) groups is 1. The molecule has 4 aliphatic rings. The number of likely N-dealkylation sites (tertiary alicyclic amines) is 1. The molecular formula is C18H22N4O4S. The van der Waals surface area contributed by atoms with Gasteiger partial charge in [0.25, 0.3) is 0 Å². The molecule has 2 saturated carbocycles. The third-order valence-corrected chi connectivity index (χ3v) is 6.89. The van der Waals surface area contributed by atoms with E-state index in [-0.39, 0.29) is 23.3 Å². The summed E-state index contributed by atoms with van der Waals surface area (Å²) < 4.78 is 35.6. The molecule has 0 bridgehead atoms. The van der Waals surface area contributed by atoms with E-state index in [1.165, 1.54) is 0 Å². The minimum absolute atomic E-state index is 0.00476. The molecule has 3 fully saturated rings. The van der Waals surface area contributed by atoms with Gasteiger partial charge in [-0.15, -0.1) is 4.40 Å². The highest BCUT2D eigenvalue weighted by Gasteiger charge is 2.59. The molecule has 2 aliphatic heterocycles. The Morgan fingerprint density at radius 3 is 2.96 bits per heavy atom. The molecule has 2 aliphatic carbocycles. The number of benzene rings is 1. The summed E-state index contributed by atoms with van der Waals surface area (Å²) in [5.74, 6) is 0.998. The lowest BCUT2D eigenvalue weighted by Crippen LogP contribution is -2.43. The number of amidine groups is 1. The molecule has 2 heterocycles. The summed E-state index contributed by atoms with van der Waals surface area (Å²) in [5, 5.41) is 0. The molecule has 0 aromatic heterocycles. The molecular weight excluding hydrogens is 368 g/mol. The van der Waals surface area contributed by atoms with Gasteiger partial charge in [-0.25, -0.2) is 0 Å². The number of anilines is 1. The highest BCUT2D eigenvalue weighted by molar-refractivity contribution is 7.91. The molecule has 2 atom stereocenters. The first kappa shape index (κ1) is 16.9. The Kier molecular flexibility index (Phi) is 3.50. The van der Waals surface area contributed by atoms with Gasteiger partial charge in [-0.2, -0.15) is 8.42 Å². The summed E-state index contributed by atoms with van der Waals surface area (Å²) in [6.45, 7) is 1.59. The summed E-state index contributed by atoms with van der Waals surface area (Å²) >= 11 is 0. The average Bonchev–Trinajstić information content (AvgIpc) is 3.52. The van der Waals surface area contributed by atoms with Gasteiger partial charge in [-0.05, 0) is 44.2 Å². The standard InChI is InChI=1S/C18H22N4O4S/c19-16-15-12(20-27(24,25)21-16)3-1-4-13(15)26-14-9-18(14)7-2-8-22(10-18)17(23)11-5-6-11/h1,3-4,11,14,20H,2,5-10H2,(H2,19,21)/t14-,18+/m1/s1. The summed E-state index contributed by atoms with van der Waals surface area (Å²) in [6, 6.07) is 5.15. The van der Waals surface area contributed by atoms with E-state index in [9.17, 15) is 13.2 Å². The smallest absolute Gasteiger partial charge is 0.344 e. The molecule has 1 saturated heterocycles. The number of nitrogens with zero attached hydrogens (tertiary/aromatic N) is 2. The number of fused-ring (bicyclic) bond motifs is 1. The summed E-state index contributed by atoms with van der Waals surface area (Å²) in [4.78, 5) is 14.4. The van der Waals surface area contributed by atoms with Crippen LogP contribution in [0.5, 0.6) is 5.75 Å². The summed E-state index contributed by atoms with van der Waals surface area (Å²) in [6.07, 6.45) is 4.98. The number of nitrogens with one attached hydrogen (secondary N) is 1. The van der Waals surface area contributed by atoms with Gasteiger partial charge in [0.2, 0.25) is 5.91 Å². The Hall–Kier alpha value is -2.29. The van der Waals surface area contributed by atoms with Crippen molar-refractivity contribution in [3.8, 4) is 5.75 Å². The van der Waals surface area contributed by atoms with Crippen molar-refractivity contribution in [3.05, 3.63) is 23.8 Å². The van der Waals surface area contributed by atoms with Crippen molar-refractivity contribution in [2.24, 2.45) is 21.5 Å². The average molecular weight is 390 g/mol. The van der Waals surface area contributed by atoms with Crippen molar-refractivity contribution in [2.45, 2.75) is 38.2 Å². The number of ether oxygens (including phenoxy) is 1. The third kappa shape index (κ3) is 2.93. The Labute approximate surface area is 158 Å². The van der Waals surface area contributed by atoms with Gasteiger partial charge in [-0.1, -0.05) is 6.07 Å². The first-order valence-corrected chi connectivity index (χ1v) is 10.8. The first-order chi connectivity index (χ1) is 12.9. The fraction of sp³-hybridized carbons (Fsp3) is 0.556. The summed E-state index contributed by atoms with van der Waals surface area (Å²) in [5.41, 5.74) is 6.76. The molecule has 27 heavy (non-hydrogen) atoms. The van der Waals surface area contributed by atoms with Crippen LogP contribution in [0.3, 0.4) is 0 Å². The van der Waals surface area contributed by atoms with Crippen molar-refractivity contribution in [2.75, 3.05) is 17.8 Å². The van der Waals surface area contributed by atoms with E-state index in [0.29, 0.717) is 22.9 Å². The molecule has 3 N–H and O–H groups in total. The van der Waals surface area contributed by atoms with Gasteiger partial charge < -0.3 is 15.4 Å². The molecule has 8 nitrogen and oxygen atoms in total. The zero-order valence-electron chi connectivity index (χ0n) is 14.8. The fourth-order valence-electron chi connectivity index (χ4n) is 4.31. The lowest BCUT2D eigenvalue weighted by molar-refractivity contribution is -0.135. The number of amides is 1. The van der Waals surface area contributed by atoms with E-state index in [1.54, 1.807) is 18.2 Å². The number of nitrogens with two attached hydrogens (primary N) is 1. The largest absolute Gasteiger partial charge is 0.489 e. The molecule has 0 unspecified atom stereocenters. The second-order valence-corrected chi connectivity index (χ2v) is 9.38. The predicted octanol–water partition coefficient (Wildman–Crippen LogP) is 1.23. The van der Waals surface area contributed by atoms with Gasteiger partial charge in [0, 0.05) is 24.4 Å². The Balaban J connectivity index is 1.35. The lowest BCUT2D eigenvalue weighted by atomic mass is 9.94. The molecule has 0 radical (unpaired) electrons. The molecule has 1 aromatic rings. The van der Waals surface area contributed by atoms with Crippen LogP contribution in [-0.4, -0.2) is 44.3 Å². The van der Waals surface area contributed by atoms with Crippen molar-refractivity contribution in [3.63, 3.8) is 0 Å². The Morgan fingerprint density at radius 2 is 2.19 bits per heavy atom. The molecule has 1 spiro atoms. The number of rotatable bonds is 3. The molecule has 144 valence electrons. The monoisotopic (exact) mass is 390 g/mol. The number of hydrogen-bond acceptors (Lipinski definition) is 5. The van der Waals surface area contributed by atoms with Crippen LogP contribution in [0.1, 0.15) is 37.7 Å². The van der Waals surface area contributed by atoms with Crippen LogP contribution in [-0.2, 0) is 15.0 Å². The van der Waals surface area contributed by atoms with E-state index >= 15 is 0 Å². The first-order valence-electron chi connectivity index (χ1n) is 9.34. The van der Waals surface area contributed by atoms with Crippen LogP contribution in [0.25, 0.3) is 0 Å². The zero-order chi connectivity index (χ0) is 18.8. The van der Waals surface area contributed by atoms with Crippen LogP contribution in [0, 0.1) is 11.3 Å². The quantitative estimate of drug-likeness (QED) is 0.806. The second-order valence-electron chi connectivity index (χ2n) is 8.04. The van der Waals surface area contributed by atoms with Crippen LogP contribution in [0.15, 0.2) is 22.6 Å². The van der Waals surface area contributed by atoms with E-state index in [4.69, 9.17) is 10.5 Å². The number of carbonyl (C=O) groups excluding carboxylic acids is 1. The van der Waals surface area contributed by atoms with Gasteiger partial charge in [-0.3, -0.25) is 9.52 Å². The number of piperidine rings is 1. The molecule has 1 aromatic carbocycles. The topological polar surface area (TPSA) is 114 Å². The van der Waals surface area contributed by atoms with Crippen molar-refractivity contribution < 1.29 is 17.9 Å². The lowest BCUT2D eigenvalue weighted by Gasteiger charge is -2.34. The van der Waals surface area contributed by atoms with Crippen LogP contribution >= 0.6 is 0 Å². The maximum absolute atomic E-state index is 12.4. The Bertz CT molecular complexity index is 956. The van der Waals surface area contributed by atoms with E-state index in [2.05, 4.69) is 9.12 Å². The molecule has 5 rings (SSSR count). The van der Waals surface area contributed by atoms with Crippen LogP contribution in [0.4, 0.5) is 5.69 Å². The predicted molar refractivity (Wildman–Crippen MR) is 99.7 cm³/mol. The second kappa shape index (κ2) is 5.60. The SMILES string of the molecule is NC1=NS(=O)(=O)Nc2cccc(O[C@@H]3C[C@]34CCCN(C(=O)C3CC3)C4)c21. The normalized spacial score (nSPS) is 30.9. The minimum Gasteiger partial charge on any atom is -0.489 e. The maximum atomic E-state index is 12.4. The molecule has 1 amide bonds. The van der Waals surface area contributed by atoms with E-state index < -0.39 is 10.2 Å². The van der Waals surface area contributed by atoms with Crippen LogP contribution < -0.4 is 15.2 Å². The number of hydrogen-bond donors (Lipinski definition) is 2. The van der Waals surface area contributed by atoms with Gasteiger partial charge in [0.05, 0.1) is 11.3 Å². The van der Waals surface area contributed by atoms with Crippen molar-refractivity contribution >= 4 is 27.6 Å². The van der Waals surface area contributed by atoms with E-state index in [1.807, 2.05) is 4.90 Å². The molecule has 9 heteroatoms. The summed E-state index contributed by atoms with van der Waals surface area (Å²) in [7, 11) is -3.81. The van der Waals surface area contributed by atoms with Crippen molar-refractivity contribution in [1.29, 1.82) is 0 Å². The Morgan fingerprint density at radius 1 is 1.37 bits per heavy atom. The van der Waals surface area contributed by atoms with Gasteiger partial charge in [0.1, 0.15) is 11.9 Å². The van der Waals surface area contributed by atoms with E-state index in [0.717, 1.165) is 45.2 Å². The maximum Gasteiger partial charge on any atom is 0.344 e. The highest BCUT2D eigenvalue weighted by Crippen LogP contribution is 2.55. The van der Waals surface area contributed by atoms with Gasteiger partial charge in [0.15, 0.2) is 5.84 Å².